The van der Waals surface area contributed by atoms with Crippen LogP contribution >= 0.6 is 0 Å². The summed E-state index contributed by atoms with van der Waals surface area (Å²) in [5.74, 6) is -3.51. The highest BCUT2D eigenvalue weighted by Gasteiger charge is 2.31. The number of hydrogen-bond donors (Lipinski definition) is 3. The van der Waals surface area contributed by atoms with E-state index in [0.717, 1.165) is 224 Å². The van der Waals surface area contributed by atoms with Crippen molar-refractivity contribution in [2.24, 2.45) is 32.7 Å². The van der Waals surface area contributed by atoms with E-state index in [0.29, 0.717) is 126 Å². The molecule has 0 atom stereocenters. The van der Waals surface area contributed by atoms with Gasteiger partial charge in [-0.1, -0.05) is 36.4 Å². The zero-order valence-corrected chi connectivity index (χ0v) is 69.8. The van der Waals surface area contributed by atoms with Gasteiger partial charge in [0.25, 0.3) is 17.7 Å². The minimum absolute atomic E-state index is 0.122. The van der Waals surface area contributed by atoms with Gasteiger partial charge in [0.15, 0.2) is 0 Å². The van der Waals surface area contributed by atoms with Crippen LogP contribution < -0.4 is 30.7 Å². The molecule has 0 aromatic heterocycles. The van der Waals surface area contributed by atoms with Gasteiger partial charge in [0.05, 0.1) is 23.7 Å². The van der Waals surface area contributed by atoms with E-state index in [4.69, 9.17) is 22.4 Å². The number of fused-ring (bicyclic) bond motifs is 3. The third kappa shape index (κ3) is 22.2. The molecule has 9 aliphatic heterocycles. The van der Waals surface area contributed by atoms with Crippen molar-refractivity contribution in [3.05, 3.63) is 299 Å². The number of amidine groups is 3. The topological polar surface area (TPSA) is 172 Å². The van der Waals surface area contributed by atoms with Gasteiger partial charge in [-0.25, -0.2) is 26.3 Å². The Kier molecular flexibility index (Phi) is 24.9. The summed E-state index contributed by atoms with van der Waals surface area (Å²) in [6.07, 6.45) is 3.51. The van der Waals surface area contributed by atoms with Crippen LogP contribution in [0.1, 0.15) is 163 Å². The van der Waals surface area contributed by atoms with Crippen molar-refractivity contribution in [2.75, 3.05) is 154 Å². The monoisotopic (exact) mass is 1680 g/mol. The zero-order chi connectivity index (χ0) is 91.2. The van der Waals surface area contributed by atoms with E-state index in [1.54, 1.807) is 48.5 Å². The summed E-state index contributed by atoms with van der Waals surface area (Å²) in [5.41, 5.74) is 12.4. The van der Waals surface area contributed by atoms with Gasteiger partial charge in [-0.2, -0.15) is 0 Å². The van der Waals surface area contributed by atoms with Crippen LogP contribution in [-0.2, 0) is 72.3 Å². The van der Waals surface area contributed by atoms with E-state index in [9.17, 15) is 42.1 Å². The van der Waals surface area contributed by atoms with Crippen molar-refractivity contribution in [1.29, 1.82) is 0 Å². The maximum atomic E-state index is 13.9. The molecule has 3 amide bonds. The zero-order valence-electron chi connectivity index (χ0n) is 76.8. The van der Waals surface area contributed by atoms with Crippen molar-refractivity contribution in [3.63, 3.8) is 0 Å². The number of halogens is 6. The third-order valence-electron chi connectivity index (χ3n) is 24.6. The number of carbonyl (C=O) groups is 3. The van der Waals surface area contributed by atoms with Gasteiger partial charge in [-0.15, -0.1) is 0 Å². The first kappa shape index (κ1) is 77.0. The molecule has 9 aromatic carbocycles. The lowest BCUT2D eigenvalue weighted by Crippen LogP contribution is -2.44. The van der Waals surface area contributed by atoms with Crippen LogP contribution in [0.15, 0.2) is 179 Å². The molecule has 0 bridgehead atoms. The highest BCUT2D eigenvalue weighted by molar-refractivity contribution is 6.16. The van der Waals surface area contributed by atoms with E-state index in [1.165, 1.54) is 12.1 Å². The predicted molar refractivity (Wildman–Crippen MR) is 470 cm³/mol. The molecule has 18 rings (SSSR count). The second kappa shape index (κ2) is 39.8. The maximum Gasteiger partial charge on any atom is 0.257 e. The van der Waals surface area contributed by atoms with Crippen LogP contribution in [-0.4, -0.2) is 189 Å². The van der Waals surface area contributed by atoms with Gasteiger partial charge >= 0.3 is 0 Å². The molecule has 18 nitrogen and oxygen atoms in total. The first-order valence-corrected chi connectivity index (χ1v) is 42.8. The predicted octanol–water partition coefficient (Wildman–Crippen LogP) is 14.9. The van der Waals surface area contributed by atoms with Gasteiger partial charge in [-0.05, 0) is 292 Å². The van der Waals surface area contributed by atoms with Gasteiger partial charge in [0.1, 0.15) is 52.4 Å². The second-order valence-electron chi connectivity index (χ2n) is 33.5. The lowest BCUT2D eigenvalue weighted by atomic mass is 9.89. The Bertz CT molecular complexity index is 5770. The fourth-order valence-corrected chi connectivity index (χ4v) is 17.4. The highest BCUT2D eigenvalue weighted by Crippen LogP contribution is 2.34. The quantitative estimate of drug-likeness (QED) is 0.0696. The largest absolute Gasteiger partial charge is 0.381 e. The van der Waals surface area contributed by atoms with E-state index < -0.39 is 53.6 Å². The number of amides is 3. The Morgan fingerprint density at radius 3 is 1.11 bits per heavy atom. The third-order valence-corrected chi connectivity index (χ3v) is 24.6. The standard InChI is InChI=1S/3C33H36F2N4O2/c3*1-38-8-10-39(11-9-38)29-4-5-30(26(19-29)15-22-6-12-41-13-7-22)33(40)37-32-31-18-23(2-3-25(31)21-36-32)14-24-16-27(34)20-28(35)17-24/h3*2-5,16-20,22H,6-15,21H2,1H3,(H,36,37,40)/i4D,14D2,19D;14D2;3D. The number of rotatable bonds is 18. The van der Waals surface area contributed by atoms with Crippen molar-refractivity contribution in [3.8, 4) is 0 Å². The molecule has 3 N–H and O–H groups in total. The van der Waals surface area contributed by atoms with Crippen molar-refractivity contribution in [1.82, 2.24) is 30.7 Å². The summed E-state index contributed by atoms with van der Waals surface area (Å²) in [5, 5.41) is 8.91. The smallest absolute Gasteiger partial charge is 0.257 e. The molecule has 6 fully saturated rings. The van der Waals surface area contributed by atoms with Crippen LogP contribution in [0.2, 0.25) is 0 Å². The molecule has 6 saturated heterocycles. The summed E-state index contributed by atoms with van der Waals surface area (Å²) in [6, 6.07) is 36.5. The van der Waals surface area contributed by atoms with Crippen LogP contribution in [0.4, 0.5) is 43.4 Å². The Labute approximate surface area is 726 Å². The Hall–Kier alpha value is -10.9. The van der Waals surface area contributed by atoms with Crippen LogP contribution in [0, 0.1) is 52.7 Å². The molecule has 0 aliphatic carbocycles. The van der Waals surface area contributed by atoms with Crippen molar-refractivity contribution < 1.29 is 64.5 Å². The molecule has 24 heteroatoms. The lowest BCUT2D eigenvalue weighted by Gasteiger charge is -2.34. The molecule has 0 saturated carbocycles. The summed E-state index contributed by atoms with van der Waals surface area (Å²) >= 11 is 0. The Balaban J connectivity index is 0.000000143. The Morgan fingerprint density at radius 2 is 0.707 bits per heavy atom. The number of nitrogens with zero attached hydrogens (tertiary/aromatic N) is 9. The minimum Gasteiger partial charge on any atom is -0.381 e. The number of aliphatic imine (C=N–C) groups is 3. The first-order chi connectivity index (χ1) is 62.5. The van der Waals surface area contributed by atoms with Crippen molar-refractivity contribution >= 4 is 52.3 Å². The lowest BCUT2D eigenvalue weighted by molar-refractivity contribution is 0.0663. The number of anilines is 3. The highest BCUT2D eigenvalue weighted by atomic mass is 19.2. The molecule has 0 radical (unpaired) electrons. The summed E-state index contributed by atoms with van der Waals surface area (Å²) < 4.78 is 161. The molecule has 123 heavy (non-hydrogen) atoms. The minimum atomic E-state index is -2.22. The molecule has 9 heterocycles. The number of piperazine rings is 3. The molecule has 9 aliphatic rings. The fourth-order valence-electron chi connectivity index (χ4n) is 17.4. The molecule has 0 unspecified atom stereocenters. The van der Waals surface area contributed by atoms with E-state index in [1.807, 2.05) is 37.4 Å². The Morgan fingerprint density at radius 1 is 0.366 bits per heavy atom. The molecular weight excluding hydrogens is 1570 g/mol. The number of hydrogen-bond acceptors (Lipinski definition) is 15. The average molecular weight is 1680 g/mol. The molecule has 642 valence electrons. The molecule has 9 aromatic rings. The molecule has 0 spiro atoms. The average Bonchev–Trinajstić information content (AvgIpc) is 1.44. The van der Waals surface area contributed by atoms with E-state index in [2.05, 4.69) is 86.6 Å². The normalized spacial score (nSPS) is 18.9. The summed E-state index contributed by atoms with van der Waals surface area (Å²) in [7, 11) is 6.31. The SMILES string of the molecule is [2H]C([2H])(c1cc(F)cc(F)c1)c1ccc2c(c1)C(NC(=O)c1ccc(N3CCN(C)CC3)cc1CC1CCOCC1)=NC2.[2H]c1cc(C(=O)NC2=NCc3ccc(C([2H])([2H])c4cc(F)cc(F)c4)cc32)c(CC2CCOCC2)c([2H])c1N1CCN(C)CC1.[2H]c1cc(Cc2cc(F)cc(F)c2)cc2c1CN=C2NC(=O)c1ccc(N2CCN(C)CC2)cc1CC1CCOCC1. The van der Waals surface area contributed by atoms with E-state index >= 15 is 0 Å². The van der Waals surface area contributed by atoms with Crippen LogP contribution in [0.25, 0.3) is 0 Å². The van der Waals surface area contributed by atoms with Gasteiger partial charge in [0, 0.05) is 192 Å². The van der Waals surface area contributed by atoms with Gasteiger partial charge in [0.2, 0.25) is 0 Å². The van der Waals surface area contributed by atoms with Gasteiger partial charge < -0.3 is 59.6 Å². The number of benzene rings is 9. The number of likely N-dealkylation sites (N-methyl/N-ethyl adjacent to an activating group) is 3. The number of nitrogens with one attached hydrogen (secondary N) is 3. The summed E-state index contributed by atoms with van der Waals surface area (Å²) in [4.78, 5) is 68.8. The second-order valence-corrected chi connectivity index (χ2v) is 33.5. The van der Waals surface area contributed by atoms with Gasteiger partial charge in [-0.3, -0.25) is 29.4 Å². The summed E-state index contributed by atoms with van der Waals surface area (Å²) in [6.45, 7) is 15.9. The maximum absolute atomic E-state index is 13.9. The number of ether oxygens (including phenoxy) is 3. The fraction of sp³-hybridized carbons (Fsp3) is 0.394. The number of carbonyl (C=O) groups excluding carboxylic acids is 3. The molecular formula is C99H108F6N12O6. The van der Waals surface area contributed by atoms with Crippen LogP contribution in [0.3, 0.4) is 0 Å². The van der Waals surface area contributed by atoms with Crippen molar-refractivity contribution in [2.45, 2.75) is 96.6 Å². The van der Waals surface area contributed by atoms with Crippen LogP contribution in [0.5, 0.6) is 0 Å². The first-order valence-electron chi connectivity index (χ1n) is 46.3. The van der Waals surface area contributed by atoms with E-state index in [-0.39, 0.29) is 76.4 Å².